The van der Waals surface area contributed by atoms with Crippen molar-refractivity contribution in [2.45, 2.75) is 57.8 Å². The van der Waals surface area contributed by atoms with Gasteiger partial charge < -0.3 is 10.1 Å². The molecule has 0 aliphatic heterocycles. The summed E-state index contributed by atoms with van der Waals surface area (Å²) in [5, 5.41) is 2.52. The fraction of sp³-hybridized carbons (Fsp3) is 0.500. The molecule has 0 bridgehead atoms. The molecule has 1 aromatic carbocycles. The Balaban J connectivity index is 2.88. The van der Waals surface area contributed by atoms with E-state index in [4.69, 9.17) is 4.74 Å². The molecule has 27 heavy (non-hydrogen) atoms. The van der Waals surface area contributed by atoms with E-state index < -0.39 is 44.0 Å². The molecule has 0 unspecified atom stereocenters. The first-order chi connectivity index (χ1) is 12.4. The zero-order chi connectivity index (χ0) is 20.8. The first-order valence-corrected chi connectivity index (χ1v) is 11.7. The molecule has 0 aliphatic carbocycles. The molecule has 1 aromatic rings. The molecule has 0 fully saturated rings. The average Bonchev–Trinajstić information content (AvgIpc) is 2.55. The van der Waals surface area contributed by atoms with Crippen LogP contribution < -0.4 is 5.32 Å². The lowest BCUT2D eigenvalue weighted by Crippen LogP contribution is -2.42. The minimum absolute atomic E-state index is 0.0619. The van der Waals surface area contributed by atoms with Crippen molar-refractivity contribution in [1.29, 1.82) is 0 Å². The van der Waals surface area contributed by atoms with Crippen LogP contribution in [0.25, 0.3) is 0 Å². The molecule has 0 saturated heterocycles. The second-order valence-electron chi connectivity index (χ2n) is 7.90. The second kappa shape index (κ2) is 9.13. The highest BCUT2D eigenvalue weighted by molar-refractivity contribution is 6.87. The highest BCUT2D eigenvalue weighted by atomic mass is 28.3. The summed E-state index contributed by atoms with van der Waals surface area (Å²) in [4.78, 5) is 24.1. The number of carbonyl (C=O) groups excluding carboxylic acids is 2. The van der Waals surface area contributed by atoms with E-state index in [0.29, 0.717) is 0 Å². The van der Waals surface area contributed by atoms with Crippen LogP contribution in [0.4, 0.5) is 8.78 Å². The van der Waals surface area contributed by atoms with Crippen LogP contribution in [-0.2, 0) is 20.7 Å². The van der Waals surface area contributed by atoms with E-state index in [1.807, 2.05) is 0 Å². The van der Waals surface area contributed by atoms with Gasteiger partial charge in [-0.05, 0) is 17.2 Å². The molecule has 0 spiro atoms. The van der Waals surface area contributed by atoms with Gasteiger partial charge in [-0.2, -0.15) is 0 Å². The number of ether oxygens (including phenoxy) is 1. The third kappa shape index (κ3) is 6.47. The molecule has 1 N–H and O–H groups in total. The Morgan fingerprint density at radius 1 is 1.22 bits per heavy atom. The fourth-order valence-electron chi connectivity index (χ4n) is 2.00. The summed E-state index contributed by atoms with van der Waals surface area (Å²) >= 11 is 0. The number of benzene rings is 1. The second-order valence-corrected chi connectivity index (χ2v) is 12.9. The summed E-state index contributed by atoms with van der Waals surface area (Å²) in [5.41, 5.74) is 2.92. The van der Waals surface area contributed by atoms with Crippen LogP contribution in [0.3, 0.4) is 0 Å². The standard InChI is InChI=1S/C20H27F2NO3Si/c1-20(2,3)27(5,6)12-8-11-17(19(25)26-4)23-18(24)13-14-15(21)9-7-10-16(14)22/h7,9-10,17H,11,13H2,1-6H3,(H,23,24)/t17-/m1/s1. The van der Waals surface area contributed by atoms with Crippen molar-refractivity contribution in [3.05, 3.63) is 35.4 Å². The highest BCUT2D eigenvalue weighted by Gasteiger charge is 2.33. The largest absolute Gasteiger partial charge is 0.467 e. The van der Waals surface area contributed by atoms with Crippen LogP contribution in [0.2, 0.25) is 18.1 Å². The summed E-state index contributed by atoms with van der Waals surface area (Å²) in [6.45, 7) is 10.6. The maximum Gasteiger partial charge on any atom is 0.329 e. The van der Waals surface area contributed by atoms with Crippen LogP contribution in [0.15, 0.2) is 18.2 Å². The predicted octanol–water partition coefficient (Wildman–Crippen LogP) is 3.61. The SMILES string of the molecule is COC(=O)[C@@H](CC#C[Si](C)(C)C(C)(C)C)NC(=O)Cc1c(F)cccc1F. The van der Waals surface area contributed by atoms with Gasteiger partial charge in [0, 0.05) is 12.0 Å². The van der Waals surface area contributed by atoms with Crippen molar-refractivity contribution < 1.29 is 23.1 Å². The van der Waals surface area contributed by atoms with E-state index in [1.54, 1.807) is 0 Å². The number of hydrogen-bond acceptors (Lipinski definition) is 3. The molecule has 7 heteroatoms. The van der Waals surface area contributed by atoms with Gasteiger partial charge in [-0.1, -0.05) is 39.9 Å². The zero-order valence-electron chi connectivity index (χ0n) is 16.7. The Labute approximate surface area is 160 Å². The Bertz CT molecular complexity index is 740. The van der Waals surface area contributed by atoms with E-state index in [2.05, 4.69) is 50.6 Å². The van der Waals surface area contributed by atoms with Crippen molar-refractivity contribution >= 4 is 20.0 Å². The van der Waals surface area contributed by atoms with E-state index in [0.717, 1.165) is 12.1 Å². The Hall–Kier alpha value is -2.20. The van der Waals surface area contributed by atoms with Crippen LogP contribution in [0, 0.1) is 23.1 Å². The number of halogens is 2. The first kappa shape index (κ1) is 22.8. The van der Waals surface area contributed by atoms with Gasteiger partial charge in [-0.25, -0.2) is 13.6 Å². The quantitative estimate of drug-likeness (QED) is 0.471. The maximum absolute atomic E-state index is 13.7. The number of nitrogens with one attached hydrogen (secondary N) is 1. The maximum atomic E-state index is 13.7. The van der Waals surface area contributed by atoms with Gasteiger partial charge in [0.05, 0.1) is 13.5 Å². The minimum Gasteiger partial charge on any atom is -0.467 e. The van der Waals surface area contributed by atoms with E-state index in [9.17, 15) is 18.4 Å². The van der Waals surface area contributed by atoms with Gasteiger partial charge in [0.2, 0.25) is 5.91 Å². The van der Waals surface area contributed by atoms with Gasteiger partial charge in [-0.15, -0.1) is 11.5 Å². The van der Waals surface area contributed by atoms with E-state index >= 15 is 0 Å². The van der Waals surface area contributed by atoms with Crippen molar-refractivity contribution in [2.24, 2.45) is 0 Å². The number of methoxy groups -OCH3 is 1. The molecule has 148 valence electrons. The van der Waals surface area contributed by atoms with Crippen LogP contribution in [0.1, 0.15) is 32.8 Å². The van der Waals surface area contributed by atoms with Gasteiger partial charge in [0.15, 0.2) is 0 Å². The number of hydrogen-bond donors (Lipinski definition) is 1. The smallest absolute Gasteiger partial charge is 0.329 e. The molecule has 0 aromatic heterocycles. The number of carbonyl (C=O) groups is 2. The normalized spacial score (nSPS) is 12.6. The van der Waals surface area contributed by atoms with Gasteiger partial charge in [-0.3, -0.25) is 4.79 Å². The molecule has 4 nitrogen and oxygen atoms in total. The number of amides is 1. The molecule has 0 saturated carbocycles. The Morgan fingerprint density at radius 2 is 1.78 bits per heavy atom. The van der Waals surface area contributed by atoms with Crippen LogP contribution >= 0.6 is 0 Å². The lowest BCUT2D eigenvalue weighted by Gasteiger charge is -2.31. The molecular weight excluding hydrogens is 368 g/mol. The topological polar surface area (TPSA) is 55.4 Å². The molecule has 0 heterocycles. The summed E-state index contributed by atoms with van der Waals surface area (Å²) in [6, 6.07) is 2.39. The lowest BCUT2D eigenvalue weighted by atomic mass is 10.1. The monoisotopic (exact) mass is 395 g/mol. The number of esters is 1. The summed E-state index contributed by atoms with van der Waals surface area (Å²) in [6.07, 6.45) is -0.438. The summed E-state index contributed by atoms with van der Waals surface area (Å²) in [7, 11) is -0.650. The molecule has 1 atom stereocenters. The minimum atomic E-state index is -1.86. The van der Waals surface area contributed by atoms with E-state index in [-0.39, 0.29) is 17.0 Å². The first-order valence-electron chi connectivity index (χ1n) is 8.69. The van der Waals surface area contributed by atoms with Crippen LogP contribution in [-0.4, -0.2) is 33.1 Å². The van der Waals surface area contributed by atoms with Crippen molar-refractivity contribution in [1.82, 2.24) is 5.32 Å². The molecular formula is C20H27F2NO3Si. The summed E-state index contributed by atoms with van der Waals surface area (Å²) < 4.78 is 32.1. The van der Waals surface area contributed by atoms with Gasteiger partial charge in [0.25, 0.3) is 0 Å². The Kier molecular flexibility index (Phi) is 7.73. The molecule has 1 amide bonds. The number of rotatable bonds is 5. The molecule has 0 aliphatic rings. The predicted molar refractivity (Wildman–Crippen MR) is 104 cm³/mol. The fourth-order valence-corrected chi connectivity index (χ4v) is 2.92. The van der Waals surface area contributed by atoms with Crippen molar-refractivity contribution in [3.63, 3.8) is 0 Å². The van der Waals surface area contributed by atoms with E-state index in [1.165, 1.54) is 13.2 Å². The van der Waals surface area contributed by atoms with Crippen molar-refractivity contribution in [3.8, 4) is 11.5 Å². The third-order valence-corrected chi connectivity index (χ3v) is 9.35. The van der Waals surface area contributed by atoms with Crippen LogP contribution in [0.5, 0.6) is 0 Å². The van der Waals surface area contributed by atoms with Gasteiger partial charge >= 0.3 is 5.97 Å². The molecule has 0 radical (unpaired) electrons. The molecule has 1 rings (SSSR count). The lowest BCUT2D eigenvalue weighted by molar-refractivity contribution is -0.144. The third-order valence-electron chi connectivity index (χ3n) is 4.80. The zero-order valence-corrected chi connectivity index (χ0v) is 17.7. The average molecular weight is 396 g/mol. The highest BCUT2D eigenvalue weighted by Crippen LogP contribution is 2.35. The van der Waals surface area contributed by atoms with Gasteiger partial charge in [0.1, 0.15) is 25.8 Å². The Morgan fingerprint density at radius 3 is 2.26 bits per heavy atom. The van der Waals surface area contributed by atoms with Crippen molar-refractivity contribution in [2.75, 3.05) is 7.11 Å². The summed E-state index contributed by atoms with van der Waals surface area (Å²) in [5.74, 6) is 0.0435.